The van der Waals surface area contributed by atoms with Crippen LogP contribution in [0.15, 0.2) is 52.0 Å². The molecule has 0 aliphatic carbocycles. The summed E-state index contributed by atoms with van der Waals surface area (Å²) in [6.45, 7) is 4.57. The number of rotatable bonds is 7. The average Bonchev–Trinajstić information content (AvgIpc) is 3.04. The van der Waals surface area contributed by atoms with E-state index >= 15 is 0 Å². The van der Waals surface area contributed by atoms with E-state index in [1.807, 2.05) is 48.9 Å². The number of aromatic nitrogens is 2. The van der Waals surface area contributed by atoms with Crippen molar-refractivity contribution >= 4 is 28.1 Å². The average molecular weight is 471 g/mol. The molecular weight excluding hydrogens is 448 g/mol. The quantitative estimate of drug-likeness (QED) is 0.416. The van der Waals surface area contributed by atoms with E-state index in [9.17, 15) is 4.79 Å². The first-order valence-corrected chi connectivity index (χ1v) is 10.1. The van der Waals surface area contributed by atoms with Crippen LogP contribution in [0.4, 0.5) is 0 Å². The number of carbonyl (C=O) groups excluding carboxylic acids is 1. The molecule has 0 aliphatic rings. The van der Waals surface area contributed by atoms with Gasteiger partial charge in [0.25, 0.3) is 5.91 Å². The van der Waals surface area contributed by atoms with Crippen LogP contribution in [0, 0.1) is 13.8 Å². The molecule has 30 heavy (non-hydrogen) atoms. The number of halogens is 1. The van der Waals surface area contributed by atoms with E-state index in [-0.39, 0.29) is 5.91 Å². The van der Waals surface area contributed by atoms with Gasteiger partial charge in [0.1, 0.15) is 0 Å². The third-order valence-corrected chi connectivity index (χ3v) is 5.05. The maximum Gasteiger partial charge on any atom is 0.271 e. The van der Waals surface area contributed by atoms with Crippen molar-refractivity contribution in [2.75, 3.05) is 14.2 Å². The first kappa shape index (κ1) is 21.6. The zero-order chi connectivity index (χ0) is 21.7. The number of nitrogens with zero attached hydrogens (tertiary/aromatic N) is 3. The zero-order valence-electron chi connectivity index (χ0n) is 17.3. The molecule has 156 valence electrons. The van der Waals surface area contributed by atoms with E-state index < -0.39 is 0 Å². The van der Waals surface area contributed by atoms with E-state index in [1.165, 1.54) is 0 Å². The zero-order valence-corrected chi connectivity index (χ0v) is 18.9. The van der Waals surface area contributed by atoms with Gasteiger partial charge in [0.2, 0.25) is 0 Å². The first-order chi connectivity index (χ1) is 14.4. The highest BCUT2D eigenvalue weighted by molar-refractivity contribution is 9.10. The van der Waals surface area contributed by atoms with Crippen molar-refractivity contribution in [1.29, 1.82) is 0 Å². The molecule has 7 nitrogen and oxygen atoms in total. The second kappa shape index (κ2) is 9.58. The van der Waals surface area contributed by atoms with Crippen molar-refractivity contribution in [3.63, 3.8) is 0 Å². The summed E-state index contributed by atoms with van der Waals surface area (Å²) < 4.78 is 13.3. The number of aryl methyl sites for hydroxylation is 2. The number of ether oxygens (including phenoxy) is 2. The third kappa shape index (κ3) is 5.07. The lowest BCUT2D eigenvalue weighted by atomic mass is 10.1. The molecule has 0 aliphatic heterocycles. The lowest BCUT2D eigenvalue weighted by Crippen LogP contribution is -2.18. The van der Waals surface area contributed by atoms with E-state index in [0.717, 1.165) is 27.0 Å². The molecule has 0 atom stereocenters. The molecule has 3 aromatic rings. The van der Waals surface area contributed by atoms with Gasteiger partial charge in [0.05, 0.1) is 37.1 Å². The van der Waals surface area contributed by atoms with Gasteiger partial charge in [-0.05, 0) is 71.2 Å². The predicted molar refractivity (Wildman–Crippen MR) is 120 cm³/mol. The Kier molecular flexibility index (Phi) is 6.89. The summed E-state index contributed by atoms with van der Waals surface area (Å²) in [5.41, 5.74) is 6.87. The lowest BCUT2D eigenvalue weighted by Gasteiger charge is -2.10. The number of hydrogen-bond acceptors (Lipinski definition) is 5. The van der Waals surface area contributed by atoms with Gasteiger partial charge in [-0.25, -0.2) is 5.43 Å². The molecule has 0 saturated heterocycles. The van der Waals surface area contributed by atoms with Crippen LogP contribution >= 0.6 is 15.9 Å². The standard InChI is InChI=1S/C22H23BrN4O3/c1-14-8-15(2)27(26-14)13-16-6-5-7-18(9-16)22(28)25-24-12-17-10-19(23)21(30-4)20(11-17)29-3/h5-12H,13H2,1-4H3,(H,25,28)/b24-12-. The highest BCUT2D eigenvalue weighted by Crippen LogP contribution is 2.35. The van der Waals surface area contributed by atoms with Crippen molar-refractivity contribution < 1.29 is 14.3 Å². The molecule has 0 fully saturated rings. The lowest BCUT2D eigenvalue weighted by molar-refractivity contribution is 0.0955. The topological polar surface area (TPSA) is 77.7 Å². The number of hydrazone groups is 1. The Morgan fingerprint density at radius 1 is 1.20 bits per heavy atom. The maximum atomic E-state index is 12.5. The predicted octanol–water partition coefficient (Wildman–Crippen LogP) is 4.09. The van der Waals surface area contributed by atoms with Crippen LogP contribution in [-0.2, 0) is 6.54 Å². The van der Waals surface area contributed by atoms with Gasteiger partial charge in [-0.15, -0.1) is 0 Å². The molecule has 1 N–H and O–H groups in total. The Morgan fingerprint density at radius 3 is 2.67 bits per heavy atom. The Morgan fingerprint density at radius 2 is 2.00 bits per heavy atom. The SMILES string of the molecule is COc1cc(/C=N\NC(=O)c2cccc(Cn3nc(C)cc3C)c2)cc(Br)c1OC. The molecule has 0 saturated carbocycles. The Hall–Kier alpha value is -3.13. The molecular formula is C22H23BrN4O3. The van der Waals surface area contributed by atoms with E-state index in [0.29, 0.717) is 23.6 Å². The third-order valence-electron chi connectivity index (χ3n) is 4.46. The van der Waals surface area contributed by atoms with E-state index in [4.69, 9.17) is 9.47 Å². The van der Waals surface area contributed by atoms with Crippen molar-refractivity contribution in [2.45, 2.75) is 20.4 Å². The molecule has 0 spiro atoms. The summed E-state index contributed by atoms with van der Waals surface area (Å²) in [7, 11) is 3.13. The van der Waals surface area contributed by atoms with Crippen LogP contribution in [0.25, 0.3) is 0 Å². The monoisotopic (exact) mass is 470 g/mol. The molecule has 1 heterocycles. The van der Waals surface area contributed by atoms with Crippen LogP contribution in [-0.4, -0.2) is 36.1 Å². The minimum Gasteiger partial charge on any atom is -0.493 e. The second-order valence-electron chi connectivity index (χ2n) is 6.72. The fraction of sp³-hybridized carbons (Fsp3) is 0.227. The van der Waals surface area contributed by atoms with Crippen molar-refractivity contribution in [3.05, 3.63) is 75.0 Å². The van der Waals surface area contributed by atoms with Crippen LogP contribution in [0.3, 0.4) is 0 Å². The van der Waals surface area contributed by atoms with Gasteiger partial charge < -0.3 is 9.47 Å². The van der Waals surface area contributed by atoms with Crippen LogP contribution in [0.1, 0.15) is 32.9 Å². The number of benzene rings is 2. The Labute approximate surface area is 183 Å². The minimum absolute atomic E-state index is 0.291. The largest absolute Gasteiger partial charge is 0.493 e. The van der Waals surface area contributed by atoms with Gasteiger partial charge in [-0.1, -0.05) is 12.1 Å². The van der Waals surface area contributed by atoms with Gasteiger partial charge in [0.15, 0.2) is 11.5 Å². The fourth-order valence-corrected chi connectivity index (χ4v) is 3.68. The second-order valence-corrected chi connectivity index (χ2v) is 7.58. The van der Waals surface area contributed by atoms with Crippen LogP contribution < -0.4 is 14.9 Å². The molecule has 0 radical (unpaired) electrons. The highest BCUT2D eigenvalue weighted by Gasteiger charge is 2.10. The van der Waals surface area contributed by atoms with Gasteiger partial charge >= 0.3 is 0 Å². The number of nitrogens with one attached hydrogen (secondary N) is 1. The van der Waals surface area contributed by atoms with Crippen molar-refractivity contribution in [3.8, 4) is 11.5 Å². The van der Waals surface area contributed by atoms with Gasteiger partial charge in [-0.2, -0.15) is 10.2 Å². The van der Waals surface area contributed by atoms with Crippen molar-refractivity contribution in [2.24, 2.45) is 5.10 Å². The highest BCUT2D eigenvalue weighted by atomic mass is 79.9. The molecule has 8 heteroatoms. The number of hydrogen-bond donors (Lipinski definition) is 1. The normalized spacial score (nSPS) is 11.0. The molecule has 0 unspecified atom stereocenters. The molecule has 2 aromatic carbocycles. The van der Waals surface area contributed by atoms with E-state index in [1.54, 1.807) is 32.6 Å². The summed E-state index contributed by atoms with van der Waals surface area (Å²) in [5, 5.41) is 8.53. The van der Waals surface area contributed by atoms with E-state index in [2.05, 4.69) is 31.6 Å². The molecule has 3 rings (SSSR count). The minimum atomic E-state index is -0.291. The Bertz CT molecular complexity index is 1090. The summed E-state index contributed by atoms with van der Waals surface area (Å²) >= 11 is 3.44. The van der Waals surface area contributed by atoms with Crippen molar-refractivity contribution in [1.82, 2.24) is 15.2 Å². The first-order valence-electron chi connectivity index (χ1n) is 9.26. The summed E-state index contributed by atoms with van der Waals surface area (Å²) in [6.07, 6.45) is 1.55. The Balaban J connectivity index is 1.69. The van der Waals surface area contributed by atoms with Crippen LogP contribution in [0.5, 0.6) is 11.5 Å². The van der Waals surface area contributed by atoms with Gasteiger partial charge in [-0.3, -0.25) is 9.48 Å². The summed E-state index contributed by atoms with van der Waals surface area (Å²) in [6, 6.07) is 13.0. The van der Waals surface area contributed by atoms with Gasteiger partial charge in [0, 0.05) is 11.3 Å². The molecule has 1 aromatic heterocycles. The maximum absolute atomic E-state index is 12.5. The fourth-order valence-electron chi connectivity index (χ4n) is 3.06. The number of amides is 1. The smallest absolute Gasteiger partial charge is 0.271 e. The van der Waals surface area contributed by atoms with Crippen LogP contribution in [0.2, 0.25) is 0 Å². The number of carbonyl (C=O) groups is 1. The molecule has 1 amide bonds. The molecule has 0 bridgehead atoms. The summed E-state index contributed by atoms with van der Waals surface area (Å²) in [4.78, 5) is 12.5. The number of methoxy groups -OCH3 is 2. The summed E-state index contributed by atoms with van der Waals surface area (Å²) in [5.74, 6) is 0.871.